The first-order valence-electron chi connectivity index (χ1n) is 11.7. The Morgan fingerprint density at radius 3 is 2.51 bits per heavy atom. The van der Waals surface area contributed by atoms with Crippen molar-refractivity contribution in [3.05, 3.63) is 52.9 Å². The number of fused-ring (bicyclic) bond motifs is 1. The second kappa shape index (κ2) is 10.8. The van der Waals surface area contributed by atoms with Crippen LogP contribution in [0.4, 0.5) is 13.6 Å². The number of ether oxygens (including phenoxy) is 1. The fraction of sp³-hybridized carbons (Fsp3) is 0.333. The number of imidazole rings is 1. The monoisotopic (exact) mass is 560 g/mol. The molecule has 0 spiro atoms. The van der Waals surface area contributed by atoms with E-state index in [1.165, 1.54) is 30.5 Å². The standard InChI is InChI=1S/C24H26F2N8O4S/c1-12-6-7-18(39-12)16-9-27-20-15(34-17(19(25)26)10-28-32-34)8-14(11-33(16)20)22(36)29-13(2)21(35)30-31-23(37)38-24(3,4)5/h6-11,13,19H,1-5H3,(H,29,36)(H,30,35)(H,31,37)/t13-/m0/s1. The second-order valence-electron chi connectivity index (χ2n) is 9.54. The Kier molecular flexibility index (Phi) is 7.63. The molecule has 4 rings (SSSR count). The van der Waals surface area contributed by atoms with Crippen LogP contribution in [0.1, 0.15) is 55.0 Å². The van der Waals surface area contributed by atoms with E-state index in [1.54, 1.807) is 31.4 Å². The molecule has 1 atom stereocenters. The molecule has 15 heteroatoms. The topological polar surface area (TPSA) is 145 Å². The summed E-state index contributed by atoms with van der Waals surface area (Å²) >= 11 is 1.50. The van der Waals surface area contributed by atoms with Gasteiger partial charge in [0, 0.05) is 11.1 Å². The van der Waals surface area contributed by atoms with Crippen molar-refractivity contribution in [2.24, 2.45) is 0 Å². The first-order chi connectivity index (χ1) is 18.3. The van der Waals surface area contributed by atoms with E-state index in [1.807, 2.05) is 19.1 Å². The number of hydrazine groups is 1. The molecule has 12 nitrogen and oxygen atoms in total. The summed E-state index contributed by atoms with van der Waals surface area (Å²) in [6, 6.07) is 4.07. The van der Waals surface area contributed by atoms with Gasteiger partial charge in [0.15, 0.2) is 5.65 Å². The van der Waals surface area contributed by atoms with Crippen LogP contribution in [0.5, 0.6) is 0 Å². The number of carbonyl (C=O) groups is 3. The minimum atomic E-state index is -2.88. The number of carbonyl (C=O) groups excluding carboxylic acids is 3. The Morgan fingerprint density at radius 2 is 1.87 bits per heavy atom. The van der Waals surface area contributed by atoms with Crippen LogP contribution in [0.2, 0.25) is 0 Å². The maximum atomic E-state index is 13.7. The summed E-state index contributed by atoms with van der Waals surface area (Å²) in [6.45, 7) is 8.34. The van der Waals surface area contributed by atoms with Gasteiger partial charge in [-0.05, 0) is 52.8 Å². The molecule has 3 N–H and O–H groups in total. The van der Waals surface area contributed by atoms with Gasteiger partial charge in [-0.3, -0.25) is 19.4 Å². The quantitative estimate of drug-likeness (QED) is 0.306. The molecule has 4 aromatic heterocycles. The molecule has 0 aromatic carbocycles. The summed E-state index contributed by atoms with van der Waals surface area (Å²) in [7, 11) is 0. The van der Waals surface area contributed by atoms with E-state index in [2.05, 4.69) is 31.5 Å². The van der Waals surface area contributed by atoms with Crippen molar-refractivity contribution >= 4 is 34.9 Å². The lowest BCUT2D eigenvalue weighted by molar-refractivity contribution is -0.123. The van der Waals surface area contributed by atoms with Crippen LogP contribution in [0.3, 0.4) is 0 Å². The fourth-order valence-corrected chi connectivity index (χ4v) is 4.43. The van der Waals surface area contributed by atoms with E-state index in [4.69, 9.17) is 4.74 Å². The Balaban J connectivity index is 1.65. The lowest BCUT2D eigenvalue weighted by Crippen LogP contribution is -2.52. The minimum Gasteiger partial charge on any atom is -0.443 e. The predicted molar refractivity (Wildman–Crippen MR) is 138 cm³/mol. The van der Waals surface area contributed by atoms with Crippen molar-refractivity contribution in [3.8, 4) is 16.3 Å². The Labute approximate surface area is 225 Å². The minimum absolute atomic E-state index is 0.0421. The summed E-state index contributed by atoms with van der Waals surface area (Å²) in [5, 5.41) is 9.92. The fourth-order valence-electron chi connectivity index (χ4n) is 3.55. The second-order valence-corrected chi connectivity index (χ2v) is 10.8. The highest BCUT2D eigenvalue weighted by Crippen LogP contribution is 2.31. The summed E-state index contributed by atoms with van der Waals surface area (Å²) in [5.74, 6) is -1.40. The number of halogens is 2. The van der Waals surface area contributed by atoms with Crippen molar-refractivity contribution in [1.82, 2.24) is 40.5 Å². The van der Waals surface area contributed by atoms with Crippen molar-refractivity contribution in [3.63, 3.8) is 0 Å². The molecule has 0 aliphatic carbocycles. The number of aryl methyl sites for hydroxylation is 1. The zero-order valence-electron chi connectivity index (χ0n) is 21.7. The summed E-state index contributed by atoms with van der Waals surface area (Å²) in [6.07, 6.45) is 0.249. The number of amides is 3. The van der Waals surface area contributed by atoms with E-state index < -0.39 is 41.7 Å². The zero-order chi connectivity index (χ0) is 28.5. The first-order valence-corrected chi connectivity index (χ1v) is 12.5. The third kappa shape index (κ3) is 6.19. The number of aromatic nitrogens is 5. The summed E-state index contributed by atoms with van der Waals surface area (Å²) in [5.41, 5.74) is 4.08. The third-order valence-electron chi connectivity index (χ3n) is 5.30. The molecule has 4 heterocycles. The molecule has 0 saturated carbocycles. The van der Waals surface area contributed by atoms with Gasteiger partial charge in [0.1, 0.15) is 23.0 Å². The van der Waals surface area contributed by atoms with E-state index in [9.17, 15) is 23.2 Å². The molecule has 0 aliphatic rings. The number of hydrogen-bond acceptors (Lipinski definition) is 8. The zero-order valence-corrected chi connectivity index (χ0v) is 22.5. The average Bonchev–Trinajstić information content (AvgIpc) is 3.59. The summed E-state index contributed by atoms with van der Waals surface area (Å²) in [4.78, 5) is 43.8. The number of alkyl halides is 2. The van der Waals surface area contributed by atoms with Crippen LogP contribution in [-0.4, -0.2) is 53.9 Å². The molecule has 0 unspecified atom stereocenters. The van der Waals surface area contributed by atoms with Crippen molar-refractivity contribution < 1.29 is 27.9 Å². The van der Waals surface area contributed by atoms with Gasteiger partial charge in [0.05, 0.1) is 28.5 Å². The highest BCUT2D eigenvalue weighted by atomic mass is 32.1. The number of nitrogens with zero attached hydrogens (tertiary/aromatic N) is 5. The van der Waals surface area contributed by atoms with Gasteiger partial charge in [-0.25, -0.2) is 28.7 Å². The molecule has 39 heavy (non-hydrogen) atoms. The number of nitrogens with one attached hydrogen (secondary N) is 3. The molecule has 0 aliphatic heterocycles. The highest BCUT2D eigenvalue weighted by molar-refractivity contribution is 7.15. The molecule has 0 bridgehead atoms. The first kappa shape index (κ1) is 27.6. The van der Waals surface area contributed by atoms with Gasteiger partial charge >= 0.3 is 6.09 Å². The van der Waals surface area contributed by atoms with Gasteiger partial charge in [-0.15, -0.1) is 16.4 Å². The van der Waals surface area contributed by atoms with E-state index in [0.717, 1.165) is 20.6 Å². The highest BCUT2D eigenvalue weighted by Gasteiger charge is 2.24. The van der Waals surface area contributed by atoms with Crippen molar-refractivity contribution in [2.75, 3.05) is 0 Å². The predicted octanol–water partition coefficient (Wildman–Crippen LogP) is 3.56. The lowest BCUT2D eigenvalue weighted by Gasteiger charge is -2.20. The number of pyridine rings is 1. The lowest BCUT2D eigenvalue weighted by atomic mass is 10.2. The Hall–Kier alpha value is -4.40. The van der Waals surface area contributed by atoms with Crippen LogP contribution in [0, 0.1) is 6.92 Å². The molecule has 0 fully saturated rings. The Bertz CT molecular complexity index is 1540. The molecule has 206 valence electrons. The van der Waals surface area contributed by atoms with Crippen LogP contribution in [0.25, 0.3) is 21.9 Å². The number of thiophene rings is 1. The number of rotatable bonds is 6. The van der Waals surface area contributed by atoms with Crippen LogP contribution < -0.4 is 16.2 Å². The number of hydrogen-bond donors (Lipinski definition) is 3. The van der Waals surface area contributed by atoms with Crippen LogP contribution in [0.15, 0.2) is 36.8 Å². The molecule has 0 saturated heterocycles. The van der Waals surface area contributed by atoms with Crippen molar-refractivity contribution in [2.45, 2.75) is 52.7 Å². The molecular formula is C24H26F2N8O4S. The van der Waals surface area contributed by atoms with E-state index >= 15 is 0 Å². The maximum absolute atomic E-state index is 13.7. The largest absolute Gasteiger partial charge is 0.443 e. The molecular weight excluding hydrogens is 534 g/mol. The molecule has 4 aromatic rings. The smallest absolute Gasteiger partial charge is 0.426 e. The summed E-state index contributed by atoms with van der Waals surface area (Å²) < 4.78 is 34.9. The molecule has 3 amide bonds. The van der Waals surface area contributed by atoms with Gasteiger partial charge in [-0.1, -0.05) is 5.21 Å². The third-order valence-corrected chi connectivity index (χ3v) is 6.32. The maximum Gasteiger partial charge on any atom is 0.426 e. The van der Waals surface area contributed by atoms with E-state index in [-0.39, 0.29) is 16.9 Å². The van der Waals surface area contributed by atoms with Crippen LogP contribution in [-0.2, 0) is 9.53 Å². The van der Waals surface area contributed by atoms with Crippen LogP contribution >= 0.6 is 11.3 Å². The SMILES string of the molecule is Cc1ccc(-c2cnc3c(-n4nncc4C(F)F)cc(C(=O)N[C@@H](C)C(=O)NNC(=O)OC(C)(C)C)cn23)s1. The van der Waals surface area contributed by atoms with Gasteiger partial charge in [0.25, 0.3) is 18.2 Å². The van der Waals surface area contributed by atoms with Gasteiger partial charge in [0.2, 0.25) is 0 Å². The normalized spacial score (nSPS) is 12.4. The van der Waals surface area contributed by atoms with E-state index in [0.29, 0.717) is 5.69 Å². The molecule has 0 radical (unpaired) electrons. The average molecular weight is 561 g/mol. The van der Waals surface area contributed by atoms with Gasteiger partial charge < -0.3 is 10.1 Å². The van der Waals surface area contributed by atoms with Crippen molar-refractivity contribution in [1.29, 1.82) is 0 Å². The Morgan fingerprint density at radius 1 is 1.13 bits per heavy atom. The van der Waals surface area contributed by atoms with Gasteiger partial charge in [-0.2, -0.15) is 0 Å².